The number of carbonyl (C=O) groups excluding carboxylic acids is 1. The number of rotatable bonds is 8. The van der Waals surface area contributed by atoms with E-state index in [0.717, 1.165) is 17.0 Å². The Morgan fingerprint density at radius 3 is 2.40 bits per heavy atom. The summed E-state index contributed by atoms with van der Waals surface area (Å²) in [5.74, 6) is 1.81. The van der Waals surface area contributed by atoms with Crippen LogP contribution >= 0.6 is 11.8 Å². The van der Waals surface area contributed by atoms with Crippen LogP contribution in [0.5, 0.6) is 5.75 Å². The lowest BCUT2D eigenvalue weighted by Crippen LogP contribution is -2.05. The Morgan fingerprint density at radius 1 is 0.967 bits per heavy atom. The molecule has 0 fully saturated rings. The van der Waals surface area contributed by atoms with Gasteiger partial charge in [0.25, 0.3) is 0 Å². The second kappa shape index (κ2) is 9.37. The first-order valence-electron chi connectivity index (χ1n) is 9.56. The van der Waals surface area contributed by atoms with Crippen molar-refractivity contribution in [1.29, 1.82) is 0 Å². The molecule has 0 spiro atoms. The smallest absolute Gasteiger partial charge is 0.196 e. The van der Waals surface area contributed by atoms with Crippen LogP contribution in [-0.2, 0) is 0 Å². The van der Waals surface area contributed by atoms with Crippen molar-refractivity contribution >= 4 is 17.5 Å². The fraction of sp³-hybridized carbons (Fsp3) is 0.130. The molecule has 0 saturated heterocycles. The molecule has 0 radical (unpaired) electrons. The SMILES string of the molecule is CCOc1ccc(-n2c(SCC(=O)c3ccccc3)nnc2-c2ccncc2)cc1. The van der Waals surface area contributed by atoms with Gasteiger partial charge in [-0.2, -0.15) is 0 Å². The third-order valence-electron chi connectivity index (χ3n) is 4.41. The van der Waals surface area contributed by atoms with E-state index in [1.54, 1.807) is 12.4 Å². The van der Waals surface area contributed by atoms with Crippen molar-refractivity contribution in [2.45, 2.75) is 12.1 Å². The lowest BCUT2D eigenvalue weighted by Gasteiger charge is -2.11. The van der Waals surface area contributed by atoms with Crippen molar-refractivity contribution in [2.24, 2.45) is 0 Å². The number of pyridine rings is 1. The number of Topliss-reactive ketones (excluding diaryl/α,β-unsaturated/α-hetero) is 1. The summed E-state index contributed by atoms with van der Waals surface area (Å²) in [4.78, 5) is 16.6. The highest BCUT2D eigenvalue weighted by Gasteiger charge is 2.18. The van der Waals surface area contributed by atoms with E-state index in [1.807, 2.05) is 78.2 Å². The van der Waals surface area contributed by atoms with Crippen LogP contribution in [0, 0.1) is 0 Å². The van der Waals surface area contributed by atoms with Crippen LogP contribution in [0.15, 0.2) is 84.3 Å². The van der Waals surface area contributed by atoms with Gasteiger partial charge in [0.05, 0.1) is 12.4 Å². The standard InChI is InChI=1S/C23H20N4O2S/c1-2-29-20-10-8-19(9-11-20)27-22(18-12-14-24-15-13-18)25-26-23(27)30-16-21(28)17-6-4-3-5-7-17/h3-15H,2,16H2,1H3. The molecule has 2 aromatic carbocycles. The Kier molecular flexibility index (Phi) is 6.20. The van der Waals surface area contributed by atoms with Crippen molar-refractivity contribution in [3.05, 3.63) is 84.7 Å². The lowest BCUT2D eigenvalue weighted by molar-refractivity contribution is 0.102. The van der Waals surface area contributed by atoms with Gasteiger partial charge in [-0.3, -0.25) is 14.3 Å². The minimum Gasteiger partial charge on any atom is -0.494 e. The molecule has 0 atom stereocenters. The summed E-state index contributed by atoms with van der Waals surface area (Å²) in [5.41, 5.74) is 2.48. The molecule has 4 rings (SSSR count). The zero-order valence-electron chi connectivity index (χ0n) is 16.4. The zero-order chi connectivity index (χ0) is 20.8. The van der Waals surface area contributed by atoms with E-state index in [1.165, 1.54) is 11.8 Å². The summed E-state index contributed by atoms with van der Waals surface area (Å²) in [6.07, 6.45) is 3.44. The number of aromatic nitrogens is 4. The Hall–Kier alpha value is -3.45. The quantitative estimate of drug-likeness (QED) is 0.306. The molecule has 0 aliphatic heterocycles. The van der Waals surface area contributed by atoms with Gasteiger partial charge in [-0.15, -0.1) is 10.2 Å². The minimum atomic E-state index is 0.0484. The molecule has 0 aliphatic rings. The third kappa shape index (κ3) is 4.41. The van der Waals surface area contributed by atoms with Gasteiger partial charge in [-0.05, 0) is 43.3 Å². The number of ether oxygens (including phenoxy) is 1. The fourth-order valence-electron chi connectivity index (χ4n) is 2.98. The number of hydrogen-bond donors (Lipinski definition) is 0. The lowest BCUT2D eigenvalue weighted by atomic mass is 10.2. The Labute approximate surface area is 179 Å². The van der Waals surface area contributed by atoms with Crippen LogP contribution in [0.1, 0.15) is 17.3 Å². The predicted molar refractivity (Wildman–Crippen MR) is 117 cm³/mol. The molecule has 2 heterocycles. The number of hydrogen-bond acceptors (Lipinski definition) is 6. The van der Waals surface area contributed by atoms with Crippen LogP contribution in [0.3, 0.4) is 0 Å². The summed E-state index contributed by atoms with van der Waals surface area (Å²) in [7, 11) is 0. The molecule has 0 bridgehead atoms. The van der Waals surface area contributed by atoms with Gasteiger partial charge in [0.2, 0.25) is 0 Å². The molecule has 0 saturated carbocycles. The maximum Gasteiger partial charge on any atom is 0.196 e. The van der Waals surface area contributed by atoms with E-state index in [-0.39, 0.29) is 11.5 Å². The third-order valence-corrected chi connectivity index (χ3v) is 5.33. The summed E-state index contributed by atoms with van der Waals surface area (Å²) >= 11 is 1.37. The largest absolute Gasteiger partial charge is 0.494 e. The van der Waals surface area contributed by atoms with Crippen LogP contribution in [0.2, 0.25) is 0 Å². The molecule has 150 valence electrons. The molecule has 0 aliphatic carbocycles. The molecule has 4 aromatic rings. The highest BCUT2D eigenvalue weighted by Crippen LogP contribution is 2.29. The second-order valence-corrected chi connectivity index (χ2v) is 7.32. The number of benzene rings is 2. The maximum absolute atomic E-state index is 12.6. The van der Waals surface area contributed by atoms with Crippen LogP contribution < -0.4 is 4.74 Å². The van der Waals surface area contributed by atoms with Gasteiger partial charge < -0.3 is 4.74 Å². The predicted octanol–water partition coefficient (Wildman–Crippen LogP) is 4.70. The molecule has 0 unspecified atom stereocenters. The summed E-state index contributed by atoms with van der Waals surface area (Å²) in [6.45, 7) is 2.56. The van der Waals surface area contributed by atoms with Crippen LogP contribution in [0.25, 0.3) is 17.1 Å². The van der Waals surface area contributed by atoms with E-state index < -0.39 is 0 Å². The molecule has 0 amide bonds. The van der Waals surface area contributed by atoms with Gasteiger partial charge in [-0.1, -0.05) is 42.1 Å². The first kappa shape index (κ1) is 19.8. The molecule has 0 N–H and O–H groups in total. The Balaban J connectivity index is 1.66. The maximum atomic E-state index is 12.6. The van der Waals surface area contributed by atoms with Gasteiger partial charge >= 0.3 is 0 Å². The van der Waals surface area contributed by atoms with E-state index in [9.17, 15) is 4.79 Å². The van der Waals surface area contributed by atoms with E-state index in [2.05, 4.69) is 15.2 Å². The first-order chi connectivity index (χ1) is 14.8. The first-order valence-corrected chi connectivity index (χ1v) is 10.5. The molecule has 2 aromatic heterocycles. The molecular formula is C23H20N4O2S. The number of nitrogens with zero attached hydrogens (tertiary/aromatic N) is 4. The number of carbonyl (C=O) groups is 1. The van der Waals surface area contributed by atoms with Crippen molar-refractivity contribution < 1.29 is 9.53 Å². The summed E-state index contributed by atoms with van der Waals surface area (Å²) in [6, 6.07) is 20.8. The molecular weight excluding hydrogens is 396 g/mol. The fourth-order valence-corrected chi connectivity index (χ4v) is 3.83. The van der Waals surface area contributed by atoms with Crippen LogP contribution in [0.4, 0.5) is 0 Å². The van der Waals surface area contributed by atoms with Crippen molar-refractivity contribution in [1.82, 2.24) is 19.7 Å². The highest BCUT2D eigenvalue weighted by molar-refractivity contribution is 7.99. The average Bonchev–Trinajstić information content (AvgIpc) is 3.23. The Morgan fingerprint density at radius 2 is 1.70 bits per heavy atom. The topological polar surface area (TPSA) is 69.9 Å². The van der Waals surface area contributed by atoms with Crippen molar-refractivity contribution in [3.8, 4) is 22.8 Å². The minimum absolute atomic E-state index is 0.0484. The molecule has 7 heteroatoms. The normalized spacial score (nSPS) is 10.7. The highest BCUT2D eigenvalue weighted by atomic mass is 32.2. The van der Waals surface area contributed by atoms with E-state index in [0.29, 0.717) is 23.2 Å². The molecule has 30 heavy (non-hydrogen) atoms. The van der Waals surface area contributed by atoms with E-state index in [4.69, 9.17) is 4.74 Å². The van der Waals surface area contributed by atoms with E-state index >= 15 is 0 Å². The van der Waals surface area contributed by atoms with Gasteiger partial charge in [-0.25, -0.2) is 0 Å². The van der Waals surface area contributed by atoms with Crippen molar-refractivity contribution in [3.63, 3.8) is 0 Å². The monoisotopic (exact) mass is 416 g/mol. The number of ketones is 1. The molecule has 6 nitrogen and oxygen atoms in total. The summed E-state index contributed by atoms with van der Waals surface area (Å²) < 4.78 is 7.51. The zero-order valence-corrected chi connectivity index (χ0v) is 17.2. The Bertz CT molecular complexity index is 1110. The van der Waals surface area contributed by atoms with Crippen molar-refractivity contribution in [2.75, 3.05) is 12.4 Å². The average molecular weight is 417 g/mol. The van der Waals surface area contributed by atoms with Gasteiger partial charge in [0.1, 0.15) is 5.75 Å². The van der Waals surface area contributed by atoms with Gasteiger partial charge in [0, 0.05) is 29.2 Å². The van der Waals surface area contributed by atoms with Gasteiger partial charge in [0.15, 0.2) is 16.8 Å². The number of thioether (sulfide) groups is 1. The summed E-state index contributed by atoms with van der Waals surface area (Å²) in [5, 5.41) is 9.41. The second-order valence-electron chi connectivity index (χ2n) is 6.38. The van der Waals surface area contributed by atoms with Crippen LogP contribution in [-0.4, -0.2) is 37.9 Å².